The van der Waals surface area contributed by atoms with Gasteiger partial charge in [0.2, 0.25) is 0 Å². The van der Waals surface area contributed by atoms with Crippen molar-refractivity contribution in [2.75, 3.05) is 20.3 Å². The number of halogens is 1. The summed E-state index contributed by atoms with van der Waals surface area (Å²) in [4.78, 5) is 0. The van der Waals surface area contributed by atoms with Crippen LogP contribution in [0.4, 0.5) is 0 Å². The molecule has 0 aromatic heterocycles. The van der Waals surface area contributed by atoms with Crippen molar-refractivity contribution in [2.45, 2.75) is 38.6 Å². The van der Waals surface area contributed by atoms with E-state index < -0.39 is 0 Å². The number of fused-ring (bicyclic) bond motifs is 3. The van der Waals surface area contributed by atoms with Crippen molar-refractivity contribution in [3.05, 3.63) is 22.2 Å². The quantitative estimate of drug-likeness (QED) is 0.801. The second kappa shape index (κ2) is 5.82. The van der Waals surface area contributed by atoms with Crippen LogP contribution in [0.2, 0.25) is 5.02 Å². The van der Waals surface area contributed by atoms with Gasteiger partial charge in [-0.1, -0.05) is 18.5 Å². The lowest BCUT2D eigenvalue weighted by molar-refractivity contribution is 0.294. The van der Waals surface area contributed by atoms with E-state index in [4.69, 9.17) is 21.1 Å². The molecule has 0 radical (unpaired) electrons. The smallest absolute Gasteiger partial charge is 0.166 e. The van der Waals surface area contributed by atoms with Gasteiger partial charge in [0.05, 0.1) is 13.2 Å². The van der Waals surface area contributed by atoms with Crippen LogP contribution < -0.4 is 14.8 Å². The van der Waals surface area contributed by atoms with Crippen LogP contribution in [0.5, 0.6) is 11.5 Å². The highest BCUT2D eigenvalue weighted by Gasteiger charge is 2.29. The highest BCUT2D eigenvalue weighted by molar-refractivity contribution is 6.31. The van der Waals surface area contributed by atoms with Gasteiger partial charge in [-0.05, 0) is 37.8 Å². The summed E-state index contributed by atoms with van der Waals surface area (Å²) >= 11 is 6.51. The molecule has 1 aromatic carbocycles. The van der Waals surface area contributed by atoms with E-state index in [-0.39, 0.29) is 6.04 Å². The maximum Gasteiger partial charge on any atom is 0.166 e. The van der Waals surface area contributed by atoms with Crippen LogP contribution >= 0.6 is 11.6 Å². The van der Waals surface area contributed by atoms with Crippen LogP contribution in [0.1, 0.15) is 43.4 Å². The molecule has 110 valence electrons. The third-order valence-electron chi connectivity index (χ3n) is 4.35. The monoisotopic (exact) mass is 295 g/mol. The van der Waals surface area contributed by atoms with Crippen LogP contribution in [0, 0.1) is 5.92 Å². The standard InChI is InChI=1S/C16H22ClNO2/c1-10-4-5-11-12(17)9-14-16(20-7-3-6-19-14)15(11)13(8-10)18-2/h9-10,13,18H,3-8H2,1-2H3. The molecule has 0 bridgehead atoms. The minimum Gasteiger partial charge on any atom is -0.489 e. The van der Waals surface area contributed by atoms with Crippen molar-refractivity contribution in [3.8, 4) is 11.5 Å². The topological polar surface area (TPSA) is 30.5 Å². The third-order valence-corrected chi connectivity index (χ3v) is 4.69. The largest absolute Gasteiger partial charge is 0.489 e. The van der Waals surface area contributed by atoms with E-state index >= 15 is 0 Å². The van der Waals surface area contributed by atoms with Crippen molar-refractivity contribution < 1.29 is 9.47 Å². The van der Waals surface area contributed by atoms with E-state index in [0.29, 0.717) is 19.1 Å². The molecule has 0 saturated carbocycles. The van der Waals surface area contributed by atoms with Gasteiger partial charge in [0.15, 0.2) is 11.5 Å². The number of nitrogens with one attached hydrogen (secondary N) is 1. The van der Waals surface area contributed by atoms with E-state index in [1.165, 1.54) is 17.5 Å². The fourth-order valence-electron chi connectivity index (χ4n) is 3.25. The first-order chi connectivity index (χ1) is 9.70. The Labute approximate surface area is 125 Å². The normalized spacial score (nSPS) is 25.6. The SMILES string of the molecule is CNC1CC(C)CCc2c(Cl)cc3c(c21)OCCCO3. The van der Waals surface area contributed by atoms with E-state index in [2.05, 4.69) is 12.2 Å². The fraction of sp³-hybridized carbons (Fsp3) is 0.625. The van der Waals surface area contributed by atoms with Crippen LogP contribution in [-0.2, 0) is 6.42 Å². The molecule has 2 atom stereocenters. The Morgan fingerprint density at radius 3 is 2.90 bits per heavy atom. The Balaban J connectivity index is 2.15. The minimum absolute atomic E-state index is 0.289. The van der Waals surface area contributed by atoms with Crippen molar-refractivity contribution in [1.29, 1.82) is 0 Å². The van der Waals surface area contributed by atoms with Crippen LogP contribution in [0.15, 0.2) is 6.07 Å². The van der Waals surface area contributed by atoms with E-state index in [0.717, 1.165) is 35.8 Å². The molecule has 1 aliphatic carbocycles. The molecule has 0 spiro atoms. The third kappa shape index (κ3) is 2.49. The lowest BCUT2D eigenvalue weighted by Crippen LogP contribution is -2.19. The molecular weight excluding hydrogens is 274 g/mol. The average molecular weight is 296 g/mol. The summed E-state index contributed by atoms with van der Waals surface area (Å²) in [6.07, 6.45) is 4.22. The number of rotatable bonds is 1. The molecule has 0 saturated heterocycles. The minimum atomic E-state index is 0.289. The molecule has 4 heteroatoms. The summed E-state index contributed by atoms with van der Waals surface area (Å²) in [6, 6.07) is 2.22. The van der Waals surface area contributed by atoms with Gasteiger partial charge in [-0.2, -0.15) is 0 Å². The van der Waals surface area contributed by atoms with Crippen LogP contribution in [-0.4, -0.2) is 20.3 Å². The highest BCUT2D eigenvalue weighted by atomic mass is 35.5. The van der Waals surface area contributed by atoms with Crippen LogP contribution in [0.25, 0.3) is 0 Å². The number of hydrogen-bond acceptors (Lipinski definition) is 3. The summed E-state index contributed by atoms with van der Waals surface area (Å²) in [5.74, 6) is 2.40. The molecule has 3 rings (SSSR count). The second-order valence-corrected chi connectivity index (χ2v) is 6.26. The molecule has 3 nitrogen and oxygen atoms in total. The van der Waals surface area contributed by atoms with Gasteiger partial charge in [0.1, 0.15) is 0 Å². The fourth-order valence-corrected chi connectivity index (χ4v) is 3.55. The Kier molecular flexibility index (Phi) is 4.08. The molecule has 1 heterocycles. The molecule has 1 N–H and O–H groups in total. The van der Waals surface area contributed by atoms with Crippen LogP contribution in [0.3, 0.4) is 0 Å². The molecule has 1 aliphatic heterocycles. The van der Waals surface area contributed by atoms with Gasteiger partial charge >= 0.3 is 0 Å². The molecule has 20 heavy (non-hydrogen) atoms. The Morgan fingerprint density at radius 2 is 2.10 bits per heavy atom. The van der Waals surface area contributed by atoms with Gasteiger partial charge in [-0.25, -0.2) is 0 Å². The van der Waals surface area contributed by atoms with Crippen molar-refractivity contribution in [3.63, 3.8) is 0 Å². The summed E-state index contributed by atoms with van der Waals surface area (Å²) in [6.45, 7) is 3.72. The predicted molar refractivity (Wildman–Crippen MR) is 81.0 cm³/mol. The Morgan fingerprint density at radius 1 is 1.30 bits per heavy atom. The maximum atomic E-state index is 6.51. The van der Waals surface area contributed by atoms with E-state index in [9.17, 15) is 0 Å². The molecule has 0 amide bonds. The Bertz CT molecular complexity index is 504. The number of ether oxygens (including phenoxy) is 2. The van der Waals surface area contributed by atoms with Gasteiger partial charge in [-0.3, -0.25) is 0 Å². The molecular formula is C16H22ClNO2. The zero-order valence-electron chi connectivity index (χ0n) is 12.2. The first-order valence-corrected chi connectivity index (χ1v) is 7.86. The van der Waals surface area contributed by atoms with E-state index in [1.807, 2.05) is 13.1 Å². The summed E-state index contributed by atoms with van der Waals surface area (Å²) in [7, 11) is 2.01. The zero-order chi connectivity index (χ0) is 14.1. The summed E-state index contributed by atoms with van der Waals surface area (Å²) in [5, 5.41) is 4.25. The van der Waals surface area contributed by atoms with Gasteiger partial charge in [0.25, 0.3) is 0 Å². The second-order valence-electron chi connectivity index (χ2n) is 5.85. The number of benzene rings is 1. The Hall–Kier alpha value is -0.930. The van der Waals surface area contributed by atoms with Gasteiger partial charge < -0.3 is 14.8 Å². The summed E-state index contributed by atoms with van der Waals surface area (Å²) < 4.78 is 11.8. The molecule has 0 fully saturated rings. The zero-order valence-corrected chi connectivity index (χ0v) is 12.9. The highest BCUT2D eigenvalue weighted by Crippen LogP contribution is 2.46. The first kappa shape index (κ1) is 14.0. The molecule has 2 unspecified atom stereocenters. The van der Waals surface area contributed by atoms with Gasteiger partial charge in [0, 0.05) is 29.1 Å². The average Bonchev–Trinajstić information content (AvgIpc) is 2.75. The molecule has 2 aliphatic rings. The summed E-state index contributed by atoms with van der Waals surface area (Å²) in [5.41, 5.74) is 2.46. The first-order valence-electron chi connectivity index (χ1n) is 7.48. The lowest BCUT2D eigenvalue weighted by Gasteiger charge is -2.23. The van der Waals surface area contributed by atoms with E-state index in [1.54, 1.807) is 0 Å². The molecule has 1 aromatic rings. The predicted octanol–water partition coefficient (Wildman–Crippen LogP) is 3.73. The van der Waals surface area contributed by atoms with Crippen molar-refractivity contribution in [2.24, 2.45) is 5.92 Å². The van der Waals surface area contributed by atoms with Gasteiger partial charge in [-0.15, -0.1) is 0 Å². The number of hydrogen-bond donors (Lipinski definition) is 1. The van der Waals surface area contributed by atoms with Crippen molar-refractivity contribution in [1.82, 2.24) is 5.32 Å². The van der Waals surface area contributed by atoms with Crippen molar-refractivity contribution >= 4 is 11.6 Å². The maximum absolute atomic E-state index is 6.51. The lowest BCUT2D eigenvalue weighted by atomic mass is 9.96.